The molecule has 1 rings (SSSR count). The van der Waals surface area contributed by atoms with Gasteiger partial charge in [-0.25, -0.2) is 0 Å². The Bertz CT molecular complexity index is 79.7. The Morgan fingerprint density at radius 1 is 1.20 bits per heavy atom. The largest absolute Gasteiger partial charge is 0.253 e. The summed E-state index contributed by atoms with van der Waals surface area (Å²) >= 11 is 4.27. The second-order valence-corrected chi connectivity index (χ2v) is 3.50. The van der Waals surface area contributed by atoms with Gasteiger partial charge in [-0.05, 0) is 19.9 Å². The monoisotopic (exact) mass is 179 g/mol. The van der Waals surface area contributed by atoms with Crippen LogP contribution in [-0.4, -0.2) is 17.4 Å². The summed E-state index contributed by atoms with van der Waals surface area (Å²) in [6, 6.07) is 0.752. The first-order valence-electron chi connectivity index (χ1n) is 3.72. The lowest BCUT2D eigenvalue weighted by atomic mass is 9.96. The van der Waals surface area contributed by atoms with Crippen molar-refractivity contribution in [2.45, 2.75) is 38.1 Å². The van der Waals surface area contributed by atoms with Crippen LogP contribution in [0.5, 0.6) is 0 Å². The van der Waals surface area contributed by atoms with Gasteiger partial charge in [-0.1, -0.05) is 32.1 Å². The van der Waals surface area contributed by atoms with Crippen LogP contribution in [0.15, 0.2) is 0 Å². The predicted molar refractivity (Wildman–Crippen MR) is 54.0 cm³/mol. The second-order valence-electron chi connectivity index (χ2n) is 2.87. The summed E-state index contributed by atoms with van der Waals surface area (Å²) in [5.74, 6) is 0. The van der Waals surface area contributed by atoms with Crippen LogP contribution >= 0.6 is 26.3 Å². The van der Waals surface area contributed by atoms with Crippen molar-refractivity contribution in [1.29, 1.82) is 0 Å². The van der Waals surface area contributed by atoms with Crippen molar-refractivity contribution in [3.63, 3.8) is 0 Å². The molecule has 0 aromatic carbocycles. The summed E-state index contributed by atoms with van der Waals surface area (Å²) in [5, 5.41) is 0. The van der Waals surface area contributed by atoms with E-state index in [2.05, 4.69) is 24.2 Å². The average molecular weight is 179 g/mol. The van der Waals surface area contributed by atoms with E-state index in [0.717, 1.165) is 6.04 Å². The quantitative estimate of drug-likeness (QED) is 0.604. The van der Waals surface area contributed by atoms with Crippen LogP contribution in [0.25, 0.3) is 0 Å². The summed E-state index contributed by atoms with van der Waals surface area (Å²) in [5.41, 5.74) is 0. The minimum Gasteiger partial charge on any atom is -0.253 e. The number of hydrogen-bond donors (Lipinski definition) is 1. The molecule has 0 heterocycles. The molecule has 0 bridgehead atoms. The highest BCUT2D eigenvalue weighted by atomic mass is 32.1. The molecule has 1 aliphatic carbocycles. The van der Waals surface area contributed by atoms with E-state index in [0.29, 0.717) is 0 Å². The number of rotatable bonds is 1. The molecule has 1 fully saturated rings. The third kappa shape index (κ3) is 3.17. The van der Waals surface area contributed by atoms with Crippen molar-refractivity contribution < 1.29 is 0 Å². The molecule has 0 aromatic rings. The predicted octanol–water partition coefficient (Wildman–Crippen LogP) is 2.21. The summed E-state index contributed by atoms with van der Waals surface area (Å²) in [6.07, 6.45) is 6.92. The smallest absolute Gasteiger partial charge is 0.0197 e. The molecule has 0 unspecified atom stereocenters. The zero-order valence-electron chi connectivity index (χ0n) is 6.51. The number of nitrogens with zero attached hydrogens (tertiary/aromatic N) is 1. The van der Waals surface area contributed by atoms with Gasteiger partial charge in [0, 0.05) is 6.04 Å². The molecule has 0 spiro atoms. The van der Waals surface area contributed by atoms with Crippen LogP contribution < -0.4 is 0 Å². The molecule has 0 atom stereocenters. The fourth-order valence-electron chi connectivity index (χ4n) is 1.45. The van der Waals surface area contributed by atoms with Crippen molar-refractivity contribution in [3.8, 4) is 0 Å². The number of thiol groups is 1. The van der Waals surface area contributed by atoms with Crippen molar-refractivity contribution in [2.24, 2.45) is 0 Å². The minimum atomic E-state index is 0. The van der Waals surface area contributed by atoms with Gasteiger partial charge in [-0.3, -0.25) is 4.31 Å². The van der Waals surface area contributed by atoms with Gasteiger partial charge >= 0.3 is 0 Å². The molecule has 1 nitrogen and oxygen atoms in total. The van der Waals surface area contributed by atoms with Crippen LogP contribution in [0.2, 0.25) is 0 Å². The van der Waals surface area contributed by atoms with E-state index in [1.807, 2.05) is 0 Å². The van der Waals surface area contributed by atoms with E-state index in [4.69, 9.17) is 0 Å². The zero-order valence-corrected chi connectivity index (χ0v) is 8.40. The fraction of sp³-hybridized carbons (Fsp3) is 1.00. The lowest BCUT2D eigenvalue weighted by Crippen LogP contribution is -2.25. The highest BCUT2D eigenvalue weighted by Crippen LogP contribution is 2.21. The molecular formula is C7H17NS2. The van der Waals surface area contributed by atoms with E-state index >= 15 is 0 Å². The Hall–Kier alpha value is 0.660. The first-order chi connectivity index (χ1) is 4.30. The third-order valence-corrected chi connectivity index (χ3v) is 2.43. The van der Waals surface area contributed by atoms with E-state index < -0.39 is 0 Å². The van der Waals surface area contributed by atoms with E-state index in [9.17, 15) is 0 Å². The summed E-state index contributed by atoms with van der Waals surface area (Å²) in [4.78, 5) is 0. The molecule has 0 aliphatic heterocycles. The van der Waals surface area contributed by atoms with Crippen LogP contribution in [0.3, 0.4) is 0 Å². The molecule has 10 heavy (non-hydrogen) atoms. The lowest BCUT2D eigenvalue weighted by Gasteiger charge is -2.26. The van der Waals surface area contributed by atoms with Crippen LogP contribution in [-0.2, 0) is 0 Å². The Balaban J connectivity index is 0.000000810. The van der Waals surface area contributed by atoms with Crippen LogP contribution in [0.4, 0.5) is 0 Å². The Kier molecular flexibility index (Phi) is 5.68. The van der Waals surface area contributed by atoms with Gasteiger partial charge < -0.3 is 0 Å². The molecule has 1 aliphatic rings. The summed E-state index contributed by atoms with van der Waals surface area (Å²) < 4.78 is 2.05. The SMILES string of the molecule is CN(S)C1CCCCC1.S. The van der Waals surface area contributed by atoms with Crippen molar-refractivity contribution in [1.82, 2.24) is 4.31 Å². The average Bonchev–Trinajstić information content (AvgIpc) is 1.90. The number of hydrogen-bond acceptors (Lipinski definition) is 2. The third-order valence-electron chi connectivity index (χ3n) is 2.10. The Labute approximate surface area is 76.2 Å². The van der Waals surface area contributed by atoms with Gasteiger partial charge in [-0.15, -0.1) is 0 Å². The van der Waals surface area contributed by atoms with Gasteiger partial charge in [0.2, 0.25) is 0 Å². The molecule has 0 radical (unpaired) electrons. The maximum Gasteiger partial charge on any atom is 0.0197 e. The van der Waals surface area contributed by atoms with Crippen LogP contribution in [0.1, 0.15) is 32.1 Å². The van der Waals surface area contributed by atoms with Gasteiger partial charge in [0.05, 0.1) is 0 Å². The highest BCUT2D eigenvalue weighted by molar-refractivity contribution is 7.77. The Morgan fingerprint density at radius 2 is 1.70 bits per heavy atom. The first-order valence-corrected chi connectivity index (χ1v) is 4.12. The molecular weight excluding hydrogens is 162 g/mol. The fourth-order valence-corrected chi connectivity index (χ4v) is 1.69. The van der Waals surface area contributed by atoms with Crippen molar-refractivity contribution in [3.05, 3.63) is 0 Å². The zero-order chi connectivity index (χ0) is 6.69. The highest BCUT2D eigenvalue weighted by Gasteiger charge is 2.14. The summed E-state index contributed by atoms with van der Waals surface area (Å²) in [6.45, 7) is 0. The van der Waals surface area contributed by atoms with Gasteiger partial charge in [0.25, 0.3) is 0 Å². The molecule has 0 saturated heterocycles. The first kappa shape index (κ1) is 10.7. The molecule has 0 amide bonds. The lowest BCUT2D eigenvalue weighted by molar-refractivity contribution is 0.308. The van der Waals surface area contributed by atoms with Gasteiger partial charge in [0.15, 0.2) is 0 Å². The topological polar surface area (TPSA) is 3.24 Å². The standard InChI is InChI=1S/C7H15NS.H2S/c1-8(9)7-5-3-2-4-6-7;/h7,9H,2-6H2,1H3;1H2. The molecule has 0 aromatic heterocycles. The van der Waals surface area contributed by atoms with E-state index in [1.54, 1.807) is 0 Å². The molecule has 62 valence electrons. The molecule has 1 saturated carbocycles. The summed E-state index contributed by atoms with van der Waals surface area (Å²) in [7, 11) is 2.05. The van der Waals surface area contributed by atoms with Crippen LogP contribution in [0, 0.1) is 0 Å². The minimum absolute atomic E-state index is 0. The Morgan fingerprint density at radius 3 is 2.00 bits per heavy atom. The van der Waals surface area contributed by atoms with E-state index in [1.165, 1.54) is 32.1 Å². The van der Waals surface area contributed by atoms with Gasteiger partial charge in [0.1, 0.15) is 0 Å². The van der Waals surface area contributed by atoms with Crippen molar-refractivity contribution >= 4 is 26.3 Å². The molecule has 0 N–H and O–H groups in total. The molecule has 3 heteroatoms. The van der Waals surface area contributed by atoms with E-state index in [-0.39, 0.29) is 13.5 Å². The maximum atomic E-state index is 4.27. The second kappa shape index (κ2) is 5.33. The maximum absolute atomic E-state index is 4.27. The van der Waals surface area contributed by atoms with Gasteiger partial charge in [-0.2, -0.15) is 13.5 Å². The normalized spacial score (nSPS) is 20.7. The van der Waals surface area contributed by atoms with Crippen molar-refractivity contribution in [2.75, 3.05) is 7.05 Å².